The van der Waals surface area contributed by atoms with Gasteiger partial charge in [-0.2, -0.15) is 0 Å². The summed E-state index contributed by atoms with van der Waals surface area (Å²) >= 11 is 6.60. The number of hydrogen-bond donors (Lipinski definition) is 0. The molecule has 0 aliphatic carbocycles. The summed E-state index contributed by atoms with van der Waals surface area (Å²) in [6.07, 6.45) is 0. The molecule has 0 radical (unpaired) electrons. The number of thiocarbonyl (C=S) groups is 1. The van der Waals surface area contributed by atoms with Crippen molar-refractivity contribution >= 4 is 34.1 Å². The molecule has 0 aliphatic rings. The number of carbonyl (C=O) groups excluding carboxylic acids is 1. The van der Waals surface area contributed by atoms with Crippen LogP contribution < -0.4 is 4.74 Å². The van der Waals surface area contributed by atoms with Crippen LogP contribution in [0.5, 0.6) is 5.75 Å². The Bertz CT molecular complexity index is 357. The Labute approximate surface area is 99.0 Å². The highest BCUT2D eigenvalue weighted by Crippen LogP contribution is 2.17. The summed E-state index contributed by atoms with van der Waals surface area (Å²) in [4.78, 5) is 10.7. The molecule has 0 bridgehead atoms. The molecule has 0 saturated carbocycles. The molecule has 0 unspecified atom stereocenters. The van der Waals surface area contributed by atoms with Gasteiger partial charge in [0, 0.05) is 16.9 Å². The molecule has 0 amide bonds. The SMILES string of the molecule is CC(=O)Oc1ccc(CSC(C)=S)cc1. The molecule has 2 nitrogen and oxygen atoms in total. The monoisotopic (exact) mass is 240 g/mol. The molecule has 1 aromatic carbocycles. The third-order valence-electron chi connectivity index (χ3n) is 1.63. The van der Waals surface area contributed by atoms with Crippen LogP contribution in [0.3, 0.4) is 0 Å². The molecule has 1 aromatic rings. The van der Waals surface area contributed by atoms with Crippen molar-refractivity contribution in [2.45, 2.75) is 19.6 Å². The quantitative estimate of drug-likeness (QED) is 0.460. The van der Waals surface area contributed by atoms with Crippen LogP contribution in [0.1, 0.15) is 19.4 Å². The summed E-state index contributed by atoms with van der Waals surface area (Å²) in [5.41, 5.74) is 1.17. The molecule has 0 aliphatic heterocycles. The highest BCUT2D eigenvalue weighted by Gasteiger charge is 1.99. The number of thioether (sulfide) groups is 1. The molecule has 80 valence electrons. The third kappa shape index (κ3) is 4.95. The van der Waals surface area contributed by atoms with E-state index in [1.807, 2.05) is 19.1 Å². The van der Waals surface area contributed by atoms with Crippen LogP contribution in [-0.2, 0) is 10.5 Å². The summed E-state index contributed by atoms with van der Waals surface area (Å²) in [6, 6.07) is 7.44. The Morgan fingerprint density at radius 2 is 1.93 bits per heavy atom. The number of carbonyl (C=O) groups is 1. The van der Waals surface area contributed by atoms with Crippen LogP contribution in [0, 0.1) is 0 Å². The van der Waals surface area contributed by atoms with E-state index in [4.69, 9.17) is 17.0 Å². The van der Waals surface area contributed by atoms with E-state index in [0.717, 1.165) is 9.95 Å². The Hall–Kier alpha value is -0.870. The fourth-order valence-electron chi connectivity index (χ4n) is 1.00. The number of rotatable bonds is 3. The van der Waals surface area contributed by atoms with Gasteiger partial charge in [0.05, 0.1) is 0 Å². The minimum atomic E-state index is -0.299. The van der Waals surface area contributed by atoms with E-state index in [-0.39, 0.29) is 5.97 Å². The number of benzene rings is 1. The average Bonchev–Trinajstić information content (AvgIpc) is 2.16. The van der Waals surface area contributed by atoms with Crippen molar-refractivity contribution in [1.29, 1.82) is 0 Å². The molecule has 0 spiro atoms. The highest BCUT2D eigenvalue weighted by atomic mass is 32.2. The molecule has 15 heavy (non-hydrogen) atoms. The molecular formula is C11H12O2S2. The zero-order valence-electron chi connectivity index (χ0n) is 8.65. The van der Waals surface area contributed by atoms with Gasteiger partial charge < -0.3 is 4.74 Å². The Kier molecular flexibility index (Phi) is 4.78. The van der Waals surface area contributed by atoms with E-state index in [1.54, 1.807) is 23.9 Å². The Balaban J connectivity index is 2.56. The van der Waals surface area contributed by atoms with E-state index in [9.17, 15) is 4.79 Å². The largest absolute Gasteiger partial charge is 0.427 e. The Morgan fingerprint density at radius 3 is 2.40 bits per heavy atom. The second-order valence-corrected chi connectivity index (χ2v) is 5.08. The van der Waals surface area contributed by atoms with Gasteiger partial charge >= 0.3 is 5.97 Å². The van der Waals surface area contributed by atoms with E-state index in [1.165, 1.54) is 12.5 Å². The van der Waals surface area contributed by atoms with Gasteiger partial charge in [-0.05, 0) is 24.6 Å². The maximum Gasteiger partial charge on any atom is 0.308 e. The first kappa shape index (κ1) is 12.2. The van der Waals surface area contributed by atoms with Gasteiger partial charge in [0.2, 0.25) is 0 Å². The van der Waals surface area contributed by atoms with Crippen molar-refractivity contribution in [3.63, 3.8) is 0 Å². The van der Waals surface area contributed by atoms with Crippen LogP contribution in [0.15, 0.2) is 24.3 Å². The van der Waals surface area contributed by atoms with Gasteiger partial charge in [-0.15, -0.1) is 11.8 Å². The van der Waals surface area contributed by atoms with Gasteiger partial charge in [0.1, 0.15) is 5.75 Å². The molecule has 0 fully saturated rings. The van der Waals surface area contributed by atoms with E-state index >= 15 is 0 Å². The summed E-state index contributed by atoms with van der Waals surface area (Å²) in [5.74, 6) is 1.14. The smallest absolute Gasteiger partial charge is 0.308 e. The molecular weight excluding hydrogens is 228 g/mol. The standard InChI is InChI=1S/C11H12O2S2/c1-8(12)13-11-5-3-10(4-6-11)7-15-9(2)14/h3-6H,7H2,1-2H3. The topological polar surface area (TPSA) is 26.3 Å². The van der Waals surface area contributed by atoms with E-state index < -0.39 is 0 Å². The van der Waals surface area contributed by atoms with Crippen molar-refractivity contribution in [3.05, 3.63) is 29.8 Å². The number of hydrogen-bond acceptors (Lipinski definition) is 4. The lowest BCUT2D eigenvalue weighted by atomic mass is 10.2. The number of ether oxygens (including phenoxy) is 1. The first-order chi connectivity index (χ1) is 7.08. The fourth-order valence-corrected chi connectivity index (χ4v) is 1.74. The second-order valence-electron chi connectivity index (χ2n) is 3.02. The lowest BCUT2D eigenvalue weighted by Gasteiger charge is -2.03. The normalized spacial score (nSPS) is 9.73. The summed E-state index contributed by atoms with van der Waals surface area (Å²) in [5, 5.41) is 0. The average molecular weight is 240 g/mol. The van der Waals surface area contributed by atoms with Crippen molar-refractivity contribution < 1.29 is 9.53 Å². The molecule has 0 aromatic heterocycles. The van der Waals surface area contributed by atoms with Crippen LogP contribution in [0.2, 0.25) is 0 Å². The van der Waals surface area contributed by atoms with Gasteiger partial charge in [-0.1, -0.05) is 24.4 Å². The number of esters is 1. The Morgan fingerprint density at radius 1 is 1.33 bits per heavy atom. The summed E-state index contributed by atoms with van der Waals surface area (Å²) in [6.45, 7) is 3.30. The fraction of sp³-hybridized carbons (Fsp3) is 0.273. The zero-order chi connectivity index (χ0) is 11.3. The van der Waals surface area contributed by atoms with Gasteiger partial charge in [-0.3, -0.25) is 4.79 Å². The first-order valence-corrected chi connectivity index (χ1v) is 5.88. The van der Waals surface area contributed by atoms with Crippen molar-refractivity contribution in [1.82, 2.24) is 0 Å². The van der Waals surface area contributed by atoms with Crippen molar-refractivity contribution in [3.8, 4) is 5.75 Å². The lowest BCUT2D eigenvalue weighted by Crippen LogP contribution is -2.00. The highest BCUT2D eigenvalue weighted by molar-refractivity contribution is 8.22. The van der Waals surface area contributed by atoms with Gasteiger partial charge in [0.25, 0.3) is 0 Å². The summed E-state index contributed by atoms with van der Waals surface area (Å²) < 4.78 is 5.85. The molecule has 0 heterocycles. The molecule has 0 saturated heterocycles. The van der Waals surface area contributed by atoms with Gasteiger partial charge in [-0.25, -0.2) is 0 Å². The molecule has 1 rings (SSSR count). The maximum atomic E-state index is 10.7. The van der Waals surface area contributed by atoms with Crippen LogP contribution >= 0.6 is 24.0 Å². The third-order valence-corrected chi connectivity index (χ3v) is 2.86. The molecule has 4 heteroatoms. The minimum Gasteiger partial charge on any atom is -0.427 e. The summed E-state index contributed by atoms with van der Waals surface area (Å²) in [7, 11) is 0. The first-order valence-electron chi connectivity index (χ1n) is 4.48. The zero-order valence-corrected chi connectivity index (χ0v) is 10.3. The second kappa shape index (κ2) is 5.88. The maximum absolute atomic E-state index is 10.7. The predicted octanol–water partition coefficient (Wildman–Crippen LogP) is 3.19. The van der Waals surface area contributed by atoms with Gasteiger partial charge in [0.15, 0.2) is 0 Å². The lowest BCUT2D eigenvalue weighted by molar-refractivity contribution is -0.131. The van der Waals surface area contributed by atoms with E-state index in [0.29, 0.717) is 5.75 Å². The minimum absolute atomic E-state index is 0.299. The van der Waals surface area contributed by atoms with Crippen molar-refractivity contribution in [2.75, 3.05) is 0 Å². The molecule has 0 atom stereocenters. The molecule has 0 N–H and O–H groups in total. The van der Waals surface area contributed by atoms with Crippen LogP contribution in [-0.4, -0.2) is 10.2 Å². The van der Waals surface area contributed by atoms with Crippen LogP contribution in [0.25, 0.3) is 0 Å². The van der Waals surface area contributed by atoms with Crippen LogP contribution in [0.4, 0.5) is 0 Å². The predicted molar refractivity (Wildman–Crippen MR) is 67.3 cm³/mol. The van der Waals surface area contributed by atoms with E-state index in [2.05, 4.69) is 0 Å². The van der Waals surface area contributed by atoms with Crippen molar-refractivity contribution in [2.24, 2.45) is 0 Å².